The summed E-state index contributed by atoms with van der Waals surface area (Å²) in [6, 6.07) is 8.01. The number of hydrogen-bond acceptors (Lipinski definition) is 4. The van der Waals surface area contributed by atoms with Gasteiger partial charge < -0.3 is 15.8 Å². The van der Waals surface area contributed by atoms with Crippen LogP contribution in [0, 0.1) is 0 Å². The van der Waals surface area contributed by atoms with Crippen LogP contribution in [0.3, 0.4) is 0 Å². The third-order valence-corrected chi connectivity index (χ3v) is 3.34. The molecule has 1 aromatic carbocycles. The normalized spacial score (nSPS) is 19.2. The van der Waals surface area contributed by atoms with E-state index < -0.39 is 0 Å². The summed E-state index contributed by atoms with van der Waals surface area (Å²) < 4.78 is 5.61. The zero-order valence-corrected chi connectivity index (χ0v) is 10.2. The van der Waals surface area contributed by atoms with Gasteiger partial charge in [0, 0.05) is 18.5 Å². The van der Waals surface area contributed by atoms with Crippen molar-refractivity contribution < 1.29 is 4.74 Å². The van der Waals surface area contributed by atoms with Crippen LogP contribution in [0.25, 0.3) is 10.9 Å². The molecule has 0 amide bonds. The van der Waals surface area contributed by atoms with Crippen LogP contribution in [0.5, 0.6) is 0 Å². The molecular formula is C14H17N3O. The highest BCUT2D eigenvalue weighted by Gasteiger charge is 2.16. The van der Waals surface area contributed by atoms with Crippen LogP contribution in [0.15, 0.2) is 30.5 Å². The molecule has 3 rings (SSSR count). The fourth-order valence-corrected chi connectivity index (χ4v) is 2.38. The Bertz CT molecular complexity index is 550. The number of anilines is 2. The van der Waals surface area contributed by atoms with E-state index in [1.807, 2.05) is 24.3 Å². The molecule has 1 atom stereocenters. The van der Waals surface area contributed by atoms with Gasteiger partial charge in [0.15, 0.2) is 0 Å². The highest BCUT2D eigenvalue weighted by molar-refractivity contribution is 5.96. The smallest absolute Gasteiger partial charge is 0.0748 e. The minimum atomic E-state index is 0.302. The van der Waals surface area contributed by atoms with Crippen LogP contribution >= 0.6 is 0 Å². The predicted octanol–water partition coefficient (Wildman–Crippen LogP) is 2.41. The maximum Gasteiger partial charge on any atom is 0.0748 e. The van der Waals surface area contributed by atoms with E-state index >= 15 is 0 Å². The summed E-state index contributed by atoms with van der Waals surface area (Å²) in [7, 11) is 0. The second kappa shape index (κ2) is 4.82. The third kappa shape index (κ3) is 2.11. The van der Waals surface area contributed by atoms with E-state index in [1.54, 1.807) is 6.20 Å². The molecule has 0 bridgehead atoms. The van der Waals surface area contributed by atoms with Crippen molar-refractivity contribution in [1.29, 1.82) is 0 Å². The lowest BCUT2D eigenvalue weighted by Gasteiger charge is -2.15. The summed E-state index contributed by atoms with van der Waals surface area (Å²) >= 11 is 0. The summed E-state index contributed by atoms with van der Waals surface area (Å²) in [5.74, 6) is 0. The molecule has 1 aliphatic heterocycles. The van der Waals surface area contributed by atoms with Gasteiger partial charge in [-0.3, -0.25) is 4.98 Å². The summed E-state index contributed by atoms with van der Waals surface area (Å²) in [5, 5.41) is 4.47. The maximum atomic E-state index is 6.01. The summed E-state index contributed by atoms with van der Waals surface area (Å²) in [6.07, 6.45) is 4.28. The number of aromatic nitrogens is 1. The minimum absolute atomic E-state index is 0.302. The number of rotatable bonds is 3. The maximum absolute atomic E-state index is 6.01. The lowest BCUT2D eigenvalue weighted by molar-refractivity contribution is 0.120. The van der Waals surface area contributed by atoms with Crippen molar-refractivity contribution >= 4 is 22.3 Å². The standard InChI is InChI=1S/C14H17N3O/c15-12-9-16-13-6-2-1-5-11(13)14(12)17-8-10-4-3-7-18-10/h1-2,5-6,9-10H,3-4,7-8,15H2,(H,16,17)/t10-/m0/s1. The summed E-state index contributed by atoms with van der Waals surface area (Å²) in [4.78, 5) is 4.32. The number of ether oxygens (including phenoxy) is 1. The number of nitrogens with zero attached hydrogens (tertiary/aromatic N) is 1. The van der Waals surface area contributed by atoms with Gasteiger partial charge in [0.2, 0.25) is 0 Å². The Labute approximate surface area is 106 Å². The number of nitrogens with two attached hydrogens (primary N) is 1. The first-order valence-corrected chi connectivity index (χ1v) is 6.33. The molecule has 1 fully saturated rings. The van der Waals surface area contributed by atoms with Crippen molar-refractivity contribution in [3.8, 4) is 0 Å². The number of fused-ring (bicyclic) bond motifs is 1. The molecule has 2 heterocycles. The second-order valence-corrected chi connectivity index (χ2v) is 4.62. The van der Waals surface area contributed by atoms with E-state index in [1.165, 1.54) is 0 Å². The van der Waals surface area contributed by atoms with E-state index in [4.69, 9.17) is 10.5 Å². The van der Waals surface area contributed by atoms with Crippen LogP contribution in [-0.2, 0) is 4.74 Å². The minimum Gasteiger partial charge on any atom is -0.396 e. The van der Waals surface area contributed by atoms with Crippen LogP contribution in [0.1, 0.15) is 12.8 Å². The Morgan fingerprint density at radius 2 is 2.28 bits per heavy atom. The number of benzene rings is 1. The van der Waals surface area contributed by atoms with Gasteiger partial charge >= 0.3 is 0 Å². The van der Waals surface area contributed by atoms with E-state index in [-0.39, 0.29) is 0 Å². The van der Waals surface area contributed by atoms with E-state index in [2.05, 4.69) is 10.3 Å². The van der Waals surface area contributed by atoms with Gasteiger partial charge in [0.25, 0.3) is 0 Å². The van der Waals surface area contributed by atoms with Crippen molar-refractivity contribution in [3.05, 3.63) is 30.5 Å². The number of nitrogens with one attached hydrogen (secondary N) is 1. The van der Waals surface area contributed by atoms with Crippen LogP contribution in [0.4, 0.5) is 11.4 Å². The first kappa shape index (κ1) is 11.3. The highest BCUT2D eigenvalue weighted by atomic mass is 16.5. The quantitative estimate of drug-likeness (QED) is 0.869. The van der Waals surface area contributed by atoms with Crippen molar-refractivity contribution in [2.75, 3.05) is 24.2 Å². The molecule has 0 aliphatic carbocycles. The van der Waals surface area contributed by atoms with Crippen molar-refractivity contribution in [1.82, 2.24) is 4.98 Å². The van der Waals surface area contributed by atoms with Crippen LogP contribution < -0.4 is 11.1 Å². The summed E-state index contributed by atoms with van der Waals surface area (Å²) in [6.45, 7) is 1.68. The molecule has 1 aromatic heterocycles. The zero-order valence-electron chi connectivity index (χ0n) is 10.2. The molecule has 0 spiro atoms. The van der Waals surface area contributed by atoms with E-state index in [0.717, 1.165) is 42.6 Å². The van der Waals surface area contributed by atoms with Gasteiger partial charge in [-0.25, -0.2) is 0 Å². The largest absolute Gasteiger partial charge is 0.396 e. The van der Waals surface area contributed by atoms with Crippen LogP contribution in [-0.4, -0.2) is 24.2 Å². The molecule has 3 N–H and O–H groups in total. The zero-order chi connectivity index (χ0) is 12.4. The second-order valence-electron chi connectivity index (χ2n) is 4.62. The third-order valence-electron chi connectivity index (χ3n) is 3.34. The fourth-order valence-electron chi connectivity index (χ4n) is 2.38. The monoisotopic (exact) mass is 243 g/mol. The molecule has 1 saturated heterocycles. The first-order chi connectivity index (χ1) is 8.84. The average Bonchev–Trinajstić information content (AvgIpc) is 2.91. The predicted molar refractivity (Wildman–Crippen MR) is 73.6 cm³/mol. The van der Waals surface area contributed by atoms with Gasteiger partial charge in [0.1, 0.15) is 0 Å². The summed E-state index contributed by atoms with van der Waals surface area (Å²) in [5.41, 5.74) is 8.62. The number of hydrogen-bond donors (Lipinski definition) is 2. The molecule has 0 saturated carbocycles. The number of para-hydroxylation sites is 1. The lowest BCUT2D eigenvalue weighted by Crippen LogP contribution is -2.19. The number of nitrogen functional groups attached to an aromatic ring is 1. The average molecular weight is 243 g/mol. The van der Waals surface area contributed by atoms with Gasteiger partial charge in [-0.05, 0) is 18.9 Å². The molecule has 0 unspecified atom stereocenters. The number of pyridine rings is 1. The molecule has 1 aliphatic rings. The molecule has 18 heavy (non-hydrogen) atoms. The Hall–Kier alpha value is -1.81. The Morgan fingerprint density at radius 3 is 3.11 bits per heavy atom. The Balaban J connectivity index is 1.87. The molecule has 4 nitrogen and oxygen atoms in total. The molecule has 4 heteroatoms. The Morgan fingerprint density at radius 1 is 1.39 bits per heavy atom. The van der Waals surface area contributed by atoms with Gasteiger partial charge in [-0.2, -0.15) is 0 Å². The SMILES string of the molecule is Nc1cnc2ccccc2c1NC[C@@H]1CCCO1. The van der Waals surface area contributed by atoms with Crippen LogP contribution in [0.2, 0.25) is 0 Å². The van der Waals surface area contributed by atoms with Crippen molar-refractivity contribution in [2.24, 2.45) is 0 Å². The van der Waals surface area contributed by atoms with E-state index in [0.29, 0.717) is 11.8 Å². The lowest BCUT2D eigenvalue weighted by atomic mass is 10.1. The topological polar surface area (TPSA) is 60.2 Å². The highest BCUT2D eigenvalue weighted by Crippen LogP contribution is 2.27. The molecule has 0 radical (unpaired) electrons. The Kier molecular flexibility index (Phi) is 3.02. The van der Waals surface area contributed by atoms with Gasteiger partial charge in [0.05, 0.1) is 29.2 Å². The van der Waals surface area contributed by atoms with Crippen molar-refractivity contribution in [2.45, 2.75) is 18.9 Å². The fraction of sp³-hybridized carbons (Fsp3) is 0.357. The van der Waals surface area contributed by atoms with E-state index in [9.17, 15) is 0 Å². The van der Waals surface area contributed by atoms with Gasteiger partial charge in [-0.15, -0.1) is 0 Å². The van der Waals surface area contributed by atoms with Gasteiger partial charge in [-0.1, -0.05) is 18.2 Å². The van der Waals surface area contributed by atoms with Crippen molar-refractivity contribution in [3.63, 3.8) is 0 Å². The molecule has 2 aromatic rings. The molecule has 94 valence electrons. The first-order valence-electron chi connectivity index (χ1n) is 6.33. The molecular weight excluding hydrogens is 226 g/mol.